The molecule has 2 atom stereocenters. The maximum Gasteiger partial charge on any atom is 0.225 e. The van der Waals surface area contributed by atoms with Crippen molar-refractivity contribution in [3.8, 4) is 0 Å². The maximum atomic E-state index is 12.3. The normalized spacial score (nSPS) is 19.5. The van der Waals surface area contributed by atoms with Crippen molar-refractivity contribution in [2.24, 2.45) is 5.92 Å². The number of carbonyl (C=O) groups excluding carboxylic acids is 2. The Morgan fingerprint density at radius 1 is 1.50 bits per heavy atom. The SMILES string of the molecule is CCCCCC(C)NC(=O)C1CC(=O)N(Cc2ccco2)C1. The first-order valence-electron chi connectivity index (χ1n) is 8.20. The zero-order valence-electron chi connectivity index (χ0n) is 13.5. The highest BCUT2D eigenvalue weighted by molar-refractivity contribution is 5.89. The van der Waals surface area contributed by atoms with Crippen LogP contribution in [0.4, 0.5) is 0 Å². The summed E-state index contributed by atoms with van der Waals surface area (Å²) >= 11 is 0. The molecule has 1 fully saturated rings. The van der Waals surface area contributed by atoms with Gasteiger partial charge in [0, 0.05) is 19.0 Å². The van der Waals surface area contributed by atoms with E-state index >= 15 is 0 Å². The van der Waals surface area contributed by atoms with Gasteiger partial charge >= 0.3 is 0 Å². The number of amides is 2. The Kier molecular flexibility index (Phi) is 6.04. The summed E-state index contributed by atoms with van der Waals surface area (Å²) in [5.74, 6) is 0.535. The van der Waals surface area contributed by atoms with Gasteiger partial charge in [-0.25, -0.2) is 0 Å². The molecule has 5 nitrogen and oxygen atoms in total. The summed E-state index contributed by atoms with van der Waals surface area (Å²) in [5, 5.41) is 3.04. The highest BCUT2D eigenvalue weighted by Crippen LogP contribution is 2.21. The summed E-state index contributed by atoms with van der Waals surface area (Å²) in [6, 6.07) is 3.82. The first kappa shape index (κ1) is 16.6. The molecule has 0 aromatic carbocycles. The molecule has 1 saturated heterocycles. The van der Waals surface area contributed by atoms with Gasteiger partial charge in [-0.3, -0.25) is 9.59 Å². The summed E-state index contributed by atoms with van der Waals surface area (Å²) < 4.78 is 5.26. The number of hydrogen-bond acceptors (Lipinski definition) is 3. The molecule has 122 valence electrons. The molecule has 0 bridgehead atoms. The van der Waals surface area contributed by atoms with Crippen molar-refractivity contribution < 1.29 is 14.0 Å². The van der Waals surface area contributed by atoms with E-state index in [4.69, 9.17) is 4.42 Å². The lowest BCUT2D eigenvalue weighted by Crippen LogP contribution is -2.38. The van der Waals surface area contributed by atoms with Crippen LogP contribution in [0.1, 0.15) is 51.7 Å². The number of nitrogens with one attached hydrogen (secondary N) is 1. The molecule has 1 N–H and O–H groups in total. The fourth-order valence-corrected chi connectivity index (χ4v) is 2.82. The van der Waals surface area contributed by atoms with E-state index in [0.717, 1.165) is 18.6 Å². The van der Waals surface area contributed by atoms with Gasteiger partial charge in [0.25, 0.3) is 0 Å². The van der Waals surface area contributed by atoms with Crippen LogP contribution in [-0.2, 0) is 16.1 Å². The molecule has 1 aromatic heterocycles. The number of unbranched alkanes of at least 4 members (excludes halogenated alkanes) is 2. The van der Waals surface area contributed by atoms with Gasteiger partial charge in [0.1, 0.15) is 5.76 Å². The van der Waals surface area contributed by atoms with Crippen molar-refractivity contribution >= 4 is 11.8 Å². The van der Waals surface area contributed by atoms with E-state index in [-0.39, 0.29) is 23.8 Å². The number of hydrogen-bond donors (Lipinski definition) is 1. The van der Waals surface area contributed by atoms with Crippen LogP contribution in [0.25, 0.3) is 0 Å². The van der Waals surface area contributed by atoms with Crippen LogP contribution in [0.5, 0.6) is 0 Å². The number of carbonyl (C=O) groups is 2. The highest BCUT2D eigenvalue weighted by atomic mass is 16.3. The fraction of sp³-hybridized carbons (Fsp3) is 0.647. The summed E-state index contributed by atoms with van der Waals surface area (Å²) in [6.07, 6.45) is 6.40. The van der Waals surface area contributed by atoms with Gasteiger partial charge in [-0.05, 0) is 25.5 Å². The highest BCUT2D eigenvalue weighted by Gasteiger charge is 2.34. The van der Waals surface area contributed by atoms with Crippen LogP contribution >= 0.6 is 0 Å². The molecule has 1 aliphatic heterocycles. The Balaban J connectivity index is 1.78. The molecular weight excluding hydrogens is 280 g/mol. The van der Waals surface area contributed by atoms with Crippen LogP contribution in [0.3, 0.4) is 0 Å². The molecule has 2 unspecified atom stereocenters. The van der Waals surface area contributed by atoms with Crippen molar-refractivity contribution in [1.82, 2.24) is 10.2 Å². The predicted octanol–water partition coefficient (Wildman–Crippen LogP) is 2.71. The maximum absolute atomic E-state index is 12.3. The second-order valence-electron chi connectivity index (χ2n) is 6.16. The van der Waals surface area contributed by atoms with Crippen molar-refractivity contribution in [2.45, 2.75) is 58.5 Å². The van der Waals surface area contributed by atoms with E-state index in [1.54, 1.807) is 17.2 Å². The predicted molar refractivity (Wildman–Crippen MR) is 84.0 cm³/mol. The number of furan rings is 1. The van der Waals surface area contributed by atoms with Crippen molar-refractivity contribution in [3.63, 3.8) is 0 Å². The van der Waals surface area contributed by atoms with E-state index in [1.165, 1.54) is 12.8 Å². The van der Waals surface area contributed by atoms with Crippen LogP contribution in [0.2, 0.25) is 0 Å². The van der Waals surface area contributed by atoms with Crippen molar-refractivity contribution in [3.05, 3.63) is 24.2 Å². The van der Waals surface area contributed by atoms with E-state index in [9.17, 15) is 9.59 Å². The third kappa shape index (κ3) is 4.61. The Labute approximate surface area is 132 Å². The van der Waals surface area contributed by atoms with Crippen molar-refractivity contribution in [2.75, 3.05) is 6.54 Å². The van der Waals surface area contributed by atoms with Crippen LogP contribution < -0.4 is 5.32 Å². The third-order valence-electron chi connectivity index (χ3n) is 4.14. The molecule has 0 spiro atoms. The summed E-state index contributed by atoms with van der Waals surface area (Å²) in [7, 11) is 0. The Hall–Kier alpha value is -1.78. The minimum atomic E-state index is -0.240. The van der Waals surface area contributed by atoms with E-state index in [2.05, 4.69) is 12.2 Å². The molecule has 2 heterocycles. The largest absolute Gasteiger partial charge is 0.467 e. The molecule has 2 rings (SSSR count). The molecule has 22 heavy (non-hydrogen) atoms. The van der Waals surface area contributed by atoms with Gasteiger partial charge in [-0.2, -0.15) is 0 Å². The molecule has 2 amide bonds. The fourth-order valence-electron chi connectivity index (χ4n) is 2.82. The average molecular weight is 306 g/mol. The summed E-state index contributed by atoms with van der Waals surface area (Å²) in [6.45, 7) is 5.13. The van der Waals surface area contributed by atoms with E-state index in [1.807, 2.05) is 13.0 Å². The average Bonchev–Trinajstić information content (AvgIpc) is 3.10. The zero-order valence-corrected chi connectivity index (χ0v) is 13.5. The lowest BCUT2D eigenvalue weighted by atomic mass is 10.1. The van der Waals surface area contributed by atoms with Gasteiger partial charge in [-0.1, -0.05) is 26.2 Å². The minimum absolute atomic E-state index is 0.000654. The Bertz CT molecular complexity index is 484. The van der Waals surface area contributed by atoms with Crippen LogP contribution in [0, 0.1) is 5.92 Å². The summed E-state index contributed by atoms with van der Waals surface area (Å²) in [4.78, 5) is 26.0. The summed E-state index contributed by atoms with van der Waals surface area (Å²) in [5.41, 5.74) is 0. The van der Waals surface area contributed by atoms with Crippen LogP contribution in [0.15, 0.2) is 22.8 Å². The Morgan fingerprint density at radius 2 is 2.32 bits per heavy atom. The molecule has 1 aliphatic rings. The monoisotopic (exact) mass is 306 g/mol. The van der Waals surface area contributed by atoms with Gasteiger partial charge in [0.2, 0.25) is 11.8 Å². The topological polar surface area (TPSA) is 62.6 Å². The number of rotatable bonds is 8. The lowest BCUT2D eigenvalue weighted by Gasteiger charge is -2.18. The van der Waals surface area contributed by atoms with Crippen molar-refractivity contribution in [1.29, 1.82) is 0 Å². The molecule has 1 aromatic rings. The zero-order chi connectivity index (χ0) is 15.9. The smallest absolute Gasteiger partial charge is 0.225 e. The Morgan fingerprint density at radius 3 is 3.00 bits per heavy atom. The van der Waals surface area contributed by atoms with Gasteiger partial charge in [0.15, 0.2) is 0 Å². The van der Waals surface area contributed by atoms with Gasteiger partial charge in [0.05, 0.1) is 18.7 Å². The first-order chi connectivity index (χ1) is 10.6. The quantitative estimate of drug-likeness (QED) is 0.751. The molecular formula is C17H26N2O3. The standard InChI is InChI=1S/C17H26N2O3/c1-3-4-5-7-13(2)18-17(21)14-10-16(20)19(11-14)12-15-8-6-9-22-15/h6,8-9,13-14H,3-5,7,10-12H2,1-2H3,(H,18,21). The number of likely N-dealkylation sites (tertiary alicyclic amines) is 1. The van der Waals surface area contributed by atoms with E-state index < -0.39 is 0 Å². The van der Waals surface area contributed by atoms with E-state index in [0.29, 0.717) is 19.5 Å². The van der Waals surface area contributed by atoms with Gasteiger partial charge < -0.3 is 14.6 Å². The lowest BCUT2D eigenvalue weighted by molar-refractivity contribution is -0.129. The molecule has 0 radical (unpaired) electrons. The first-order valence-corrected chi connectivity index (χ1v) is 8.20. The molecule has 5 heteroatoms. The minimum Gasteiger partial charge on any atom is -0.467 e. The van der Waals surface area contributed by atoms with Crippen LogP contribution in [-0.4, -0.2) is 29.3 Å². The second-order valence-corrected chi connectivity index (χ2v) is 6.16. The second kappa shape index (κ2) is 8.01. The molecule has 0 saturated carbocycles. The third-order valence-corrected chi connectivity index (χ3v) is 4.14. The van der Waals surface area contributed by atoms with Gasteiger partial charge in [-0.15, -0.1) is 0 Å². The number of nitrogens with zero attached hydrogens (tertiary/aromatic N) is 1. The molecule has 0 aliphatic carbocycles.